The number of likely N-dealkylation sites (tertiary alicyclic amines) is 1. The molecule has 9 heteroatoms. The Kier molecular flexibility index (Phi) is 5.80. The van der Waals surface area contributed by atoms with Crippen molar-refractivity contribution in [1.29, 1.82) is 0 Å². The minimum Gasteiger partial charge on any atom is -0.390 e. The first kappa shape index (κ1) is 23.0. The monoisotopic (exact) mass is 473 g/mol. The van der Waals surface area contributed by atoms with Gasteiger partial charge in [0.2, 0.25) is 5.95 Å². The van der Waals surface area contributed by atoms with Gasteiger partial charge in [-0.3, -0.25) is 0 Å². The van der Waals surface area contributed by atoms with Crippen LogP contribution in [0.25, 0.3) is 21.9 Å². The topological polar surface area (TPSA) is 119 Å². The maximum absolute atomic E-state index is 13.1. The normalized spacial score (nSPS) is 15.1. The van der Waals surface area contributed by atoms with Crippen molar-refractivity contribution in [2.24, 2.45) is 5.92 Å². The Morgan fingerprint density at radius 2 is 1.91 bits per heavy atom. The number of piperidine rings is 1. The van der Waals surface area contributed by atoms with Crippen LogP contribution in [0.4, 0.5) is 22.1 Å². The molecule has 35 heavy (non-hydrogen) atoms. The largest absolute Gasteiger partial charge is 0.390 e. The van der Waals surface area contributed by atoms with Crippen LogP contribution >= 0.6 is 0 Å². The van der Waals surface area contributed by atoms with Crippen LogP contribution < -0.4 is 10.6 Å². The van der Waals surface area contributed by atoms with E-state index in [2.05, 4.69) is 30.6 Å². The molecule has 4 N–H and O–H groups in total. The molecule has 4 aromatic rings. The van der Waals surface area contributed by atoms with Gasteiger partial charge in [0.05, 0.1) is 22.3 Å². The number of nitrogens with one attached hydrogen (secondary N) is 3. The number of hydrogen-bond acceptors (Lipinski definition) is 6. The van der Waals surface area contributed by atoms with Crippen molar-refractivity contribution in [3.63, 3.8) is 0 Å². The third kappa shape index (κ3) is 4.77. The van der Waals surface area contributed by atoms with Crippen molar-refractivity contribution in [1.82, 2.24) is 24.8 Å². The summed E-state index contributed by atoms with van der Waals surface area (Å²) in [6.07, 6.45) is 3.35. The van der Waals surface area contributed by atoms with E-state index >= 15 is 0 Å². The molecule has 0 saturated carbocycles. The maximum atomic E-state index is 13.1. The molecule has 0 atom stereocenters. The second kappa shape index (κ2) is 8.81. The number of para-hydroxylation sites is 1. The Balaban J connectivity index is 1.39. The number of amides is 2. The first-order valence-corrected chi connectivity index (χ1v) is 12.0. The lowest BCUT2D eigenvalue weighted by Crippen LogP contribution is -2.45. The fraction of sp³-hybridized carbons (Fsp3) is 0.385. The molecule has 1 aliphatic rings. The highest BCUT2D eigenvalue weighted by molar-refractivity contribution is 6.01. The highest BCUT2D eigenvalue weighted by atomic mass is 16.3. The Hall–Kier alpha value is -3.72. The van der Waals surface area contributed by atoms with E-state index in [1.54, 1.807) is 11.1 Å². The lowest BCUT2D eigenvalue weighted by molar-refractivity contribution is -0.00704. The van der Waals surface area contributed by atoms with Gasteiger partial charge in [0, 0.05) is 30.4 Å². The maximum Gasteiger partial charge on any atom is 0.321 e. The van der Waals surface area contributed by atoms with Gasteiger partial charge in [0.25, 0.3) is 0 Å². The zero-order chi connectivity index (χ0) is 24.7. The van der Waals surface area contributed by atoms with Gasteiger partial charge >= 0.3 is 6.03 Å². The number of hydrogen-bond donors (Lipinski definition) is 4. The molecule has 182 valence electrons. The van der Waals surface area contributed by atoms with Gasteiger partial charge in [-0.05, 0) is 64.2 Å². The summed E-state index contributed by atoms with van der Waals surface area (Å²) < 4.78 is 0. The Morgan fingerprint density at radius 3 is 2.66 bits per heavy atom. The molecule has 0 spiro atoms. The number of aryl methyl sites for hydroxylation is 2. The molecule has 0 aliphatic carbocycles. The summed E-state index contributed by atoms with van der Waals surface area (Å²) in [4.78, 5) is 31.9. The van der Waals surface area contributed by atoms with E-state index in [-0.39, 0.29) is 11.9 Å². The van der Waals surface area contributed by atoms with Crippen molar-refractivity contribution in [2.75, 3.05) is 23.7 Å². The standard InChI is InChI=1S/C26H31N7O2/c1-15-6-5-7-17-14-27-24(32-22(15)17)30-19-12-20-23(29-16(2)28-20)21(13-19)31-25(34)33-10-8-18(9-11-33)26(3,4)35/h5-7,12-14,18,35H,8-11H2,1-4H3,(H,28,29)(H,31,34)(H,27,30,32). The third-order valence-corrected chi connectivity index (χ3v) is 6.80. The van der Waals surface area contributed by atoms with E-state index in [0.29, 0.717) is 30.2 Å². The van der Waals surface area contributed by atoms with Crippen LogP contribution in [0.5, 0.6) is 0 Å². The van der Waals surface area contributed by atoms with Crippen LogP contribution in [-0.2, 0) is 0 Å². The van der Waals surface area contributed by atoms with Gasteiger partial charge < -0.3 is 25.6 Å². The number of aromatic amines is 1. The fourth-order valence-electron chi connectivity index (χ4n) is 4.78. The van der Waals surface area contributed by atoms with E-state index in [0.717, 1.165) is 46.3 Å². The molecular formula is C26H31N7O2. The summed E-state index contributed by atoms with van der Waals surface area (Å²) in [7, 11) is 0. The zero-order valence-corrected chi connectivity index (χ0v) is 20.5. The predicted octanol–water partition coefficient (Wildman–Crippen LogP) is 4.88. The average Bonchev–Trinajstić information content (AvgIpc) is 3.19. The Bertz CT molecular complexity index is 1400. The molecule has 1 fully saturated rings. The smallest absolute Gasteiger partial charge is 0.321 e. The number of H-pyrrole nitrogens is 1. The average molecular weight is 474 g/mol. The number of aromatic nitrogens is 4. The first-order chi connectivity index (χ1) is 16.7. The molecule has 2 amide bonds. The number of carbonyl (C=O) groups is 1. The molecule has 0 bridgehead atoms. The number of urea groups is 1. The highest BCUT2D eigenvalue weighted by Gasteiger charge is 2.32. The lowest BCUT2D eigenvalue weighted by atomic mass is 9.83. The molecule has 1 aliphatic heterocycles. The van der Waals surface area contributed by atoms with E-state index in [4.69, 9.17) is 0 Å². The van der Waals surface area contributed by atoms with Gasteiger partial charge in [-0.2, -0.15) is 0 Å². The Labute approximate surface area is 204 Å². The first-order valence-electron chi connectivity index (χ1n) is 12.0. The number of aliphatic hydroxyl groups is 1. The molecule has 9 nitrogen and oxygen atoms in total. The van der Waals surface area contributed by atoms with Crippen LogP contribution in [0.2, 0.25) is 0 Å². The van der Waals surface area contributed by atoms with Gasteiger partial charge in [0.15, 0.2) is 0 Å². The van der Waals surface area contributed by atoms with E-state index < -0.39 is 5.60 Å². The molecule has 3 heterocycles. The molecule has 0 radical (unpaired) electrons. The molecule has 0 unspecified atom stereocenters. The zero-order valence-electron chi connectivity index (χ0n) is 20.5. The van der Waals surface area contributed by atoms with E-state index in [9.17, 15) is 9.90 Å². The van der Waals surface area contributed by atoms with Gasteiger partial charge in [-0.15, -0.1) is 0 Å². The number of rotatable bonds is 4. The SMILES string of the molecule is Cc1nc2c(NC(=O)N3CCC(C(C)(C)O)CC3)cc(Nc3ncc4cccc(C)c4n3)cc2[nH]1. The molecule has 2 aromatic carbocycles. The molecular weight excluding hydrogens is 442 g/mol. The number of nitrogens with zero attached hydrogens (tertiary/aromatic N) is 4. The van der Waals surface area contributed by atoms with Gasteiger partial charge in [0.1, 0.15) is 11.3 Å². The molecule has 1 saturated heterocycles. The minimum atomic E-state index is -0.731. The second-order valence-electron chi connectivity index (χ2n) is 9.92. The summed E-state index contributed by atoms with van der Waals surface area (Å²) in [5.74, 6) is 1.43. The van der Waals surface area contributed by atoms with Crippen molar-refractivity contribution < 1.29 is 9.90 Å². The summed E-state index contributed by atoms with van der Waals surface area (Å²) in [5, 5.41) is 17.6. The Morgan fingerprint density at radius 1 is 1.14 bits per heavy atom. The summed E-state index contributed by atoms with van der Waals surface area (Å²) in [6.45, 7) is 8.79. The van der Waals surface area contributed by atoms with Gasteiger partial charge in [-0.25, -0.2) is 19.7 Å². The van der Waals surface area contributed by atoms with Crippen molar-refractivity contribution in [3.05, 3.63) is 47.9 Å². The summed E-state index contributed by atoms with van der Waals surface area (Å²) in [5.41, 5.74) is 4.10. The lowest BCUT2D eigenvalue weighted by Gasteiger charge is -2.37. The van der Waals surface area contributed by atoms with Crippen LogP contribution in [-0.4, -0.2) is 54.7 Å². The number of fused-ring (bicyclic) bond motifs is 2. The quantitative estimate of drug-likeness (QED) is 0.335. The molecule has 5 rings (SSSR count). The third-order valence-electron chi connectivity index (χ3n) is 6.80. The minimum absolute atomic E-state index is 0.170. The van der Waals surface area contributed by atoms with E-state index in [1.165, 1.54) is 0 Å². The fourth-order valence-corrected chi connectivity index (χ4v) is 4.78. The number of carbonyl (C=O) groups excluding carboxylic acids is 1. The summed E-state index contributed by atoms with van der Waals surface area (Å²) >= 11 is 0. The predicted molar refractivity (Wildman–Crippen MR) is 138 cm³/mol. The van der Waals surface area contributed by atoms with Crippen molar-refractivity contribution in [3.8, 4) is 0 Å². The van der Waals surface area contributed by atoms with Gasteiger partial charge in [-0.1, -0.05) is 18.2 Å². The number of imidazole rings is 1. The van der Waals surface area contributed by atoms with E-state index in [1.807, 2.05) is 58.0 Å². The second-order valence-corrected chi connectivity index (χ2v) is 9.92. The van der Waals surface area contributed by atoms with Crippen LogP contribution in [0.3, 0.4) is 0 Å². The molecule has 2 aromatic heterocycles. The summed E-state index contributed by atoms with van der Waals surface area (Å²) in [6, 6.07) is 9.63. The number of anilines is 3. The highest BCUT2D eigenvalue weighted by Crippen LogP contribution is 2.31. The van der Waals surface area contributed by atoms with Crippen molar-refractivity contribution >= 4 is 45.3 Å². The van der Waals surface area contributed by atoms with Crippen LogP contribution in [0, 0.1) is 19.8 Å². The number of benzene rings is 2. The van der Waals surface area contributed by atoms with Crippen molar-refractivity contribution in [2.45, 2.75) is 46.1 Å². The van der Waals surface area contributed by atoms with Crippen LogP contribution in [0.15, 0.2) is 36.5 Å². The van der Waals surface area contributed by atoms with Crippen LogP contribution in [0.1, 0.15) is 38.1 Å².